The average Bonchev–Trinajstić information content (AvgIpc) is 2.70. The van der Waals surface area contributed by atoms with E-state index in [-0.39, 0.29) is 30.0 Å². The number of carbonyl (C=O) groups excluding carboxylic acids is 1. The fourth-order valence-electron chi connectivity index (χ4n) is 2.84. The maximum atomic E-state index is 12.4. The number of fused-ring (bicyclic) bond motifs is 1. The van der Waals surface area contributed by atoms with Crippen LogP contribution >= 0.6 is 0 Å². The Morgan fingerprint density at radius 3 is 2.48 bits per heavy atom. The van der Waals surface area contributed by atoms with E-state index in [0.29, 0.717) is 23.7 Å². The number of benzene rings is 2. The van der Waals surface area contributed by atoms with Crippen molar-refractivity contribution in [1.29, 1.82) is 0 Å². The van der Waals surface area contributed by atoms with Gasteiger partial charge in [-0.2, -0.15) is 0 Å². The van der Waals surface area contributed by atoms with Crippen molar-refractivity contribution < 1.29 is 9.53 Å². The molecular weight excluding hydrogens is 346 g/mol. The molecule has 3 aromatic rings. The number of hydrogen-bond acceptors (Lipinski definition) is 4. The molecule has 0 fully saturated rings. The van der Waals surface area contributed by atoms with Crippen molar-refractivity contribution in [3.63, 3.8) is 0 Å². The Morgan fingerprint density at radius 1 is 1.07 bits per heavy atom. The van der Waals surface area contributed by atoms with Crippen LogP contribution in [0.15, 0.2) is 58.1 Å². The molecule has 140 valence electrons. The first kappa shape index (κ1) is 18.4. The third-order valence-corrected chi connectivity index (χ3v) is 4.34. The second-order valence-electron chi connectivity index (χ2n) is 6.14. The van der Waals surface area contributed by atoms with Gasteiger partial charge in [0, 0.05) is 13.0 Å². The van der Waals surface area contributed by atoms with Crippen LogP contribution in [0.4, 0.5) is 0 Å². The number of aromatic amines is 1. The van der Waals surface area contributed by atoms with E-state index in [1.165, 1.54) is 4.68 Å². The van der Waals surface area contributed by atoms with Crippen molar-refractivity contribution in [3.8, 4) is 5.75 Å². The molecule has 27 heavy (non-hydrogen) atoms. The number of amides is 1. The zero-order valence-electron chi connectivity index (χ0n) is 15.0. The fourth-order valence-corrected chi connectivity index (χ4v) is 2.84. The summed E-state index contributed by atoms with van der Waals surface area (Å²) in [7, 11) is 1.61. The molecule has 0 aliphatic heterocycles. The van der Waals surface area contributed by atoms with Crippen LogP contribution in [0, 0.1) is 0 Å². The van der Waals surface area contributed by atoms with Crippen LogP contribution in [0.5, 0.6) is 5.75 Å². The standard InChI is InChI=1S/C20H21N3O4/c1-27-15-8-6-14(7-9-15)10-12-21-18(24)11-13-23-20(26)17-5-3-2-4-16(17)19(25)22-23/h2-9H,10-13H2,1H3,(H,21,24)(H,22,25). The van der Waals surface area contributed by atoms with E-state index in [9.17, 15) is 14.4 Å². The topological polar surface area (TPSA) is 93.2 Å². The maximum absolute atomic E-state index is 12.4. The Labute approximate surface area is 155 Å². The maximum Gasteiger partial charge on any atom is 0.273 e. The van der Waals surface area contributed by atoms with Gasteiger partial charge >= 0.3 is 0 Å². The third-order valence-electron chi connectivity index (χ3n) is 4.34. The van der Waals surface area contributed by atoms with Crippen molar-refractivity contribution in [2.45, 2.75) is 19.4 Å². The van der Waals surface area contributed by atoms with E-state index >= 15 is 0 Å². The molecule has 0 atom stereocenters. The molecule has 0 aliphatic carbocycles. The molecule has 0 saturated carbocycles. The van der Waals surface area contributed by atoms with E-state index in [1.54, 1.807) is 31.4 Å². The molecule has 0 aliphatic rings. The second-order valence-corrected chi connectivity index (χ2v) is 6.14. The van der Waals surface area contributed by atoms with Gasteiger partial charge in [-0.1, -0.05) is 24.3 Å². The van der Waals surface area contributed by atoms with Crippen molar-refractivity contribution >= 4 is 16.7 Å². The summed E-state index contributed by atoms with van der Waals surface area (Å²) in [4.78, 5) is 36.5. The first-order valence-electron chi connectivity index (χ1n) is 8.70. The quantitative estimate of drug-likeness (QED) is 0.661. The number of aromatic nitrogens is 2. The van der Waals surface area contributed by atoms with Gasteiger partial charge in [0.05, 0.1) is 24.4 Å². The first-order chi connectivity index (χ1) is 13.1. The van der Waals surface area contributed by atoms with Gasteiger partial charge in [0.25, 0.3) is 11.1 Å². The van der Waals surface area contributed by atoms with Gasteiger partial charge in [0.15, 0.2) is 0 Å². The monoisotopic (exact) mass is 367 g/mol. The highest BCUT2D eigenvalue weighted by Gasteiger charge is 2.08. The van der Waals surface area contributed by atoms with Gasteiger partial charge in [0.2, 0.25) is 5.91 Å². The third kappa shape index (κ3) is 4.44. The zero-order valence-corrected chi connectivity index (χ0v) is 15.0. The molecule has 2 N–H and O–H groups in total. The van der Waals surface area contributed by atoms with Gasteiger partial charge in [0.1, 0.15) is 5.75 Å². The number of aryl methyl sites for hydroxylation is 1. The molecule has 7 nitrogen and oxygen atoms in total. The lowest BCUT2D eigenvalue weighted by Gasteiger charge is -2.08. The summed E-state index contributed by atoms with van der Waals surface area (Å²) in [6, 6.07) is 14.3. The highest BCUT2D eigenvalue weighted by molar-refractivity contribution is 5.80. The molecular formula is C20H21N3O4. The molecule has 1 aromatic heterocycles. The van der Waals surface area contributed by atoms with E-state index in [0.717, 1.165) is 11.3 Å². The Bertz CT molecular complexity index is 1050. The van der Waals surface area contributed by atoms with Crippen LogP contribution in [0.25, 0.3) is 10.8 Å². The molecule has 1 amide bonds. The predicted octanol–water partition coefficient (Wildman–Crippen LogP) is 1.45. The van der Waals surface area contributed by atoms with E-state index in [2.05, 4.69) is 10.4 Å². The van der Waals surface area contributed by atoms with Gasteiger partial charge in [-0.05, 0) is 36.2 Å². The number of H-pyrrole nitrogens is 1. The normalized spacial score (nSPS) is 10.7. The van der Waals surface area contributed by atoms with Crippen LogP contribution in [-0.2, 0) is 17.8 Å². The smallest absolute Gasteiger partial charge is 0.273 e. The molecule has 7 heteroatoms. The summed E-state index contributed by atoms with van der Waals surface area (Å²) in [5.41, 5.74) is 0.438. The summed E-state index contributed by atoms with van der Waals surface area (Å²) < 4.78 is 6.30. The van der Waals surface area contributed by atoms with Crippen molar-refractivity contribution in [2.75, 3.05) is 13.7 Å². The molecule has 1 heterocycles. The van der Waals surface area contributed by atoms with Crippen LogP contribution in [0.3, 0.4) is 0 Å². The number of rotatable bonds is 7. The lowest BCUT2D eigenvalue weighted by molar-refractivity contribution is -0.121. The lowest BCUT2D eigenvalue weighted by Crippen LogP contribution is -2.33. The first-order valence-corrected chi connectivity index (χ1v) is 8.70. The van der Waals surface area contributed by atoms with Crippen molar-refractivity contribution in [1.82, 2.24) is 15.1 Å². The molecule has 2 aromatic carbocycles. The molecule has 3 rings (SSSR count). The zero-order chi connectivity index (χ0) is 19.2. The molecule has 0 bridgehead atoms. The number of methoxy groups -OCH3 is 1. The Morgan fingerprint density at radius 2 is 1.78 bits per heavy atom. The van der Waals surface area contributed by atoms with Gasteiger partial charge < -0.3 is 10.1 Å². The van der Waals surface area contributed by atoms with E-state index in [1.807, 2.05) is 24.3 Å². The number of hydrogen-bond donors (Lipinski definition) is 2. The molecule has 0 unspecified atom stereocenters. The lowest BCUT2D eigenvalue weighted by atomic mass is 10.1. The van der Waals surface area contributed by atoms with Crippen LogP contribution < -0.4 is 21.2 Å². The highest BCUT2D eigenvalue weighted by atomic mass is 16.5. The minimum Gasteiger partial charge on any atom is -0.497 e. The summed E-state index contributed by atoms with van der Waals surface area (Å²) >= 11 is 0. The number of nitrogens with one attached hydrogen (secondary N) is 2. The van der Waals surface area contributed by atoms with E-state index < -0.39 is 0 Å². The van der Waals surface area contributed by atoms with Gasteiger partial charge in [-0.15, -0.1) is 0 Å². The Hall–Kier alpha value is -3.35. The molecule has 0 radical (unpaired) electrons. The number of nitrogens with zero attached hydrogens (tertiary/aromatic N) is 1. The largest absolute Gasteiger partial charge is 0.497 e. The fraction of sp³-hybridized carbons (Fsp3) is 0.250. The van der Waals surface area contributed by atoms with E-state index in [4.69, 9.17) is 4.74 Å². The summed E-state index contributed by atoms with van der Waals surface area (Å²) in [5, 5.41) is 6.05. The van der Waals surface area contributed by atoms with Gasteiger partial charge in [-0.25, -0.2) is 4.68 Å². The minimum atomic E-state index is -0.342. The second kappa shape index (κ2) is 8.35. The number of carbonyl (C=O) groups is 1. The summed E-state index contributed by atoms with van der Waals surface area (Å²) in [6.45, 7) is 0.613. The SMILES string of the molecule is COc1ccc(CCNC(=O)CCn2[nH]c(=O)c3ccccc3c2=O)cc1. The van der Waals surface area contributed by atoms with Crippen LogP contribution in [-0.4, -0.2) is 29.3 Å². The van der Waals surface area contributed by atoms with Gasteiger partial charge in [-0.3, -0.25) is 19.5 Å². The van der Waals surface area contributed by atoms with Crippen molar-refractivity contribution in [2.24, 2.45) is 0 Å². The average molecular weight is 367 g/mol. The summed E-state index contributed by atoms with van der Waals surface area (Å²) in [5.74, 6) is 0.613. The molecule has 0 spiro atoms. The summed E-state index contributed by atoms with van der Waals surface area (Å²) in [6.07, 6.45) is 0.805. The van der Waals surface area contributed by atoms with Crippen molar-refractivity contribution in [3.05, 3.63) is 74.8 Å². The van der Waals surface area contributed by atoms with Crippen LogP contribution in [0.1, 0.15) is 12.0 Å². The van der Waals surface area contributed by atoms with Crippen LogP contribution in [0.2, 0.25) is 0 Å². The molecule has 0 saturated heterocycles. The highest BCUT2D eigenvalue weighted by Crippen LogP contribution is 2.11. The Balaban J connectivity index is 1.54. The Kier molecular flexibility index (Phi) is 5.71. The predicted molar refractivity (Wildman–Crippen MR) is 103 cm³/mol. The number of ether oxygens (including phenoxy) is 1. The minimum absolute atomic E-state index is 0.108.